The van der Waals surface area contributed by atoms with Crippen LogP contribution in [0.1, 0.15) is 19.5 Å². The van der Waals surface area contributed by atoms with Crippen molar-refractivity contribution in [3.8, 4) is 0 Å². The molecule has 1 heterocycles. The molecular formula is C9H17N3O3S2. The van der Waals surface area contributed by atoms with E-state index in [-0.39, 0.29) is 27.6 Å². The molecule has 0 bridgehead atoms. The Hall–Kier alpha value is -0.700. The number of thiazole rings is 1. The molecule has 4 N–H and O–H groups in total. The van der Waals surface area contributed by atoms with Crippen molar-refractivity contribution in [2.45, 2.75) is 31.0 Å². The molecule has 1 rings (SSSR count). The molecule has 8 heteroatoms. The van der Waals surface area contributed by atoms with Crippen molar-refractivity contribution in [2.24, 2.45) is 11.7 Å². The van der Waals surface area contributed by atoms with Gasteiger partial charge in [-0.25, -0.2) is 13.1 Å². The molecule has 0 aliphatic carbocycles. The predicted octanol–water partition coefficient (Wildman–Crippen LogP) is 0.00642. The van der Waals surface area contributed by atoms with Gasteiger partial charge in [0.15, 0.2) is 4.21 Å². The smallest absolute Gasteiger partial charge is 0.305 e. The van der Waals surface area contributed by atoms with E-state index in [1.54, 1.807) is 6.92 Å². The quantitative estimate of drug-likeness (QED) is 0.706. The number of nitrogens with two attached hydrogens (primary N) is 1. The van der Waals surface area contributed by atoms with E-state index in [2.05, 4.69) is 9.71 Å². The summed E-state index contributed by atoms with van der Waals surface area (Å²) in [6.45, 7) is 5.54. The van der Waals surface area contributed by atoms with Gasteiger partial charge in [-0.1, -0.05) is 25.2 Å². The molecule has 0 fully saturated rings. The first-order valence-corrected chi connectivity index (χ1v) is 7.49. The van der Waals surface area contributed by atoms with Gasteiger partial charge in [-0.3, -0.25) is 4.79 Å². The second-order valence-electron chi connectivity index (χ2n) is 4.19. The van der Waals surface area contributed by atoms with Gasteiger partial charge in [-0.2, -0.15) is 0 Å². The second kappa shape index (κ2) is 5.30. The summed E-state index contributed by atoms with van der Waals surface area (Å²) in [5, 5.41) is 0. The van der Waals surface area contributed by atoms with E-state index in [9.17, 15) is 13.2 Å². The molecule has 0 saturated heterocycles. The van der Waals surface area contributed by atoms with Gasteiger partial charge in [0.05, 0.1) is 0 Å². The molecule has 1 unspecified atom stereocenters. The second-order valence-corrected chi connectivity index (χ2v) is 7.13. The number of aryl methyl sites for hydroxylation is 1. The molecule has 0 amide bonds. The van der Waals surface area contributed by atoms with Crippen molar-refractivity contribution < 1.29 is 8.42 Å². The third kappa shape index (κ3) is 3.63. The summed E-state index contributed by atoms with van der Waals surface area (Å²) in [4.78, 5) is 13.1. The Balaban J connectivity index is 2.83. The van der Waals surface area contributed by atoms with Crippen LogP contribution in [0.15, 0.2) is 9.00 Å². The molecule has 0 aliphatic rings. The first-order chi connectivity index (χ1) is 7.74. The lowest BCUT2D eigenvalue weighted by Gasteiger charge is -2.15. The van der Waals surface area contributed by atoms with Gasteiger partial charge < -0.3 is 10.7 Å². The number of sulfonamides is 1. The van der Waals surface area contributed by atoms with E-state index < -0.39 is 10.0 Å². The predicted molar refractivity (Wildman–Crippen MR) is 67.7 cm³/mol. The highest BCUT2D eigenvalue weighted by Gasteiger charge is 2.21. The van der Waals surface area contributed by atoms with E-state index in [4.69, 9.17) is 5.73 Å². The summed E-state index contributed by atoms with van der Waals surface area (Å²) in [5.41, 5.74) is 6.10. The first kappa shape index (κ1) is 14.4. The zero-order valence-corrected chi connectivity index (χ0v) is 11.6. The Morgan fingerprint density at radius 3 is 2.47 bits per heavy atom. The number of aromatic amines is 1. The van der Waals surface area contributed by atoms with Crippen molar-refractivity contribution in [1.29, 1.82) is 0 Å². The third-order valence-electron chi connectivity index (χ3n) is 2.39. The number of nitrogens with one attached hydrogen (secondary N) is 2. The van der Waals surface area contributed by atoms with Crippen LogP contribution in [-0.2, 0) is 10.0 Å². The molecular weight excluding hydrogens is 262 g/mol. The van der Waals surface area contributed by atoms with Crippen LogP contribution in [-0.4, -0.2) is 26.0 Å². The standard InChI is InChI=1S/C9H17N3O3S2/c1-5(2)7(10)4-11-17(14,15)8-6(3)12-9(13)16-8/h5,7,11H,4,10H2,1-3H3,(H,12,13). The lowest BCUT2D eigenvalue weighted by Crippen LogP contribution is -2.40. The summed E-state index contributed by atoms with van der Waals surface area (Å²) in [6.07, 6.45) is 0. The Labute approximate surface area is 104 Å². The summed E-state index contributed by atoms with van der Waals surface area (Å²) in [7, 11) is -3.64. The topological polar surface area (TPSA) is 105 Å². The van der Waals surface area contributed by atoms with Crippen LogP contribution < -0.4 is 15.3 Å². The highest BCUT2D eigenvalue weighted by atomic mass is 32.2. The highest BCUT2D eigenvalue weighted by molar-refractivity contribution is 7.91. The van der Waals surface area contributed by atoms with Crippen LogP contribution >= 0.6 is 11.3 Å². The van der Waals surface area contributed by atoms with Crippen LogP contribution in [0, 0.1) is 12.8 Å². The Bertz CT molecular complexity index is 530. The molecule has 1 aromatic rings. The minimum atomic E-state index is -3.64. The van der Waals surface area contributed by atoms with E-state index in [1.165, 1.54) is 0 Å². The Morgan fingerprint density at radius 1 is 1.47 bits per heavy atom. The average Bonchev–Trinajstić information content (AvgIpc) is 2.55. The molecule has 0 saturated carbocycles. The minimum Gasteiger partial charge on any atom is -0.326 e. The molecule has 0 spiro atoms. The molecule has 1 atom stereocenters. The van der Waals surface area contributed by atoms with Crippen LogP contribution in [0.25, 0.3) is 0 Å². The molecule has 1 aromatic heterocycles. The molecule has 0 radical (unpaired) electrons. The van der Waals surface area contributed by atoms with Crippen LogP contribution in [0.4, 0.5) is 0 Å². The van der Waals surface area contributed by atoms with Crippen molar-refractivity contribution >= 4 is 21.4 Å². The van der Waals surface area contributed by atoms with Crippen LogP contribution in [0.2, 0.25) is 0 Å². The summed E-state index contributed by atoms with van der Waals surface area (Å²) >= 11 is 0.679. The first-order valence-electron chi connectivity index (χ1n) is 5.19. The van der Waals surface area contributed by atoms with E-state index in [0.717, 1.165) is 0 Å². The number of H-pyrrole nitrogens is 1. The van der Waals surface area contributed by atoms with Gasteiger partial charge in [0.1, 0.15) is 0 Å². The fraction of sp³-hybridized carbons (Fsp3) is 0.667. The third-order valence-corrected chi connectivity index (χ3v) is 5.42. The molecule has 98 valence electrons. The highest BCUT2D eigenvalue weighted by Crippen LogP contribution is 2.15. The monoisotopic (exact) mass is 279 g/mol. The molecule has 17 heavy (non-hydrogen) atoms. The zero-order valence-electron chi connectivity index (χ0n) is 9.98. The van der Waals surface area contributed by atoms with Gasteiger partial charge in [0.2, 0.25) is 0 Å². The van der Waals surface area contributed by atoms with Crippen LogP contribution in [0.5, 0.6) is 0 Å². The lowest BCUT2D eigenvalue weighted by molar-refractivity contribution is 0.482. The van der Waals surface area contributed by atoms with Crippen molar-refractivity contribution in [3.05, 3.63) is 15.4 Å². The molecule has 0 aliphatic heterocycles. The largest absolute Gasteiger partial charge is 0.326 e. The maximum Gasteiger partial charge on any atom is 0.305 e. The number of rotatable bonds is 5. The number of hydrogen-bond donors (Lipinski definition) is 3. The van der Waals surface area contributed by atoms with Gasteiger partial charge in [0.25, 0.3) is 10.0 Å². The minimum absolute atomic E-state index is 0.0263. The van der Waals surface area contributed by atoms with Gasteiger partial charge in [0, 0.05) is 18.3 Å². The van der Waals surface area contributed by atoms with Gasteiger partial charge in [-0.05, 0) is 12.8 Å². The van der Waals surface area contributed by atoms with Crippen molar-refractivity contribution in [2.75, 3.05) is 6.54 Å². The van der Waals surface area contributed by atoms with Gasteiger partial charge >= 0.3 is 4.87 Å². The molecule has 0 aromatic carbocycles. The fourth-order valence-corrected chi connectivity index (χ4v) is 3.57. The summed E-state index contributed by atoms with van der Waals surface area (Å²) in [5.74, 6) is 0.184. The van der Waals surface area contributed by atoms with Crippen LogP contribution in [0.3, 0.4) is 0 Å². The van der Waals surface area contributed by atoms with Gasteiger partial charge in [-0.15, -0.1) is 0 Å². The van der Waals surface area contributed by atoms with E-state index >= 15 is 0 Å². The van der Waals surface area contributed by atoms with E-state index in [0.29, 0.717) is 17.0 Å². The summed E-state index contributed by atoms with van der Waals surface area (Å²) in [6, 6.07) is -0.249. The summed E-state index contributed by atoms with van der Waals surface area (Å²) < 4.78 is 26.2. The maximum absolute atomic E-state index is 11.9. The van der Waals surface area contributed by atoms with Crippen molar-refractivity contribution in [1.82, 2.24) is 9.71 Å². The number of aromatic nitrogens is 1. The average molecular weight is 279 g/mol. The number of hydrogen-bond acceptors (Lipinski definition) is 5. The fourth-order valence-electron chi connectivity index (χ4n) is 1.15. The maximum atomic E-state index is 11.9. The van der Waals surface area contributed by atoms with Crippen molar-refractivity contribution in [3.63, 3.8) is 0 Å². The normalized spacial score (nSPS) is 14.2. The Kier molecular flexibility index (Phi) is 4.48. The molecule has 6 nitrogen and oxygen atoms in total. The Morgan fingerprint density at radius 2 is 2.06 bits per heavy atom. The van der Waals surface area contributed by atoms with E-state index in [1.807, 2.05) is 13.8 Å². The SMILES string of the molecule is Cc1[nH]c(=O)sc1S(=O)(=O)NCC(N)C(C)C. The lowest BCUT2D eigenvalue weighted by atomic mass is 10.1. The zero-order chi connectivity index (χ0) is 13.2.